The van der Waals surface area contributed by atoms with Gasteiger partial charge in [-0.25, -0.2) is 0 Å². The molecule has 0 aliphatic carbocycles. The van der Waals surface area contributed by atoms with Gasteiger partial charge >= 0.3 is 0 Å². The van der Waals surface area contributed by atoms with Gasteiger partial charge in [0.05, 0.1) is 19.6 Å². The number of halogens is 1. The van der Waals surface area contributed by atoms with Gasteiger partial charge < -0.3 is 9.85 Å². The van der Waals surface area contributed by atoms with E-state index < -0.39 is 0 Å². The minimum atomic E-state index is 0.0862. The van der Waals surface area contributed by atoms with Crippen molar-refractivity contribution in [3.63, 3.8) is 0 Å². The van der Waals surface area contributed by atoms with Gasteiger partial charge in [0.2, 0.25) is 0 Å². The molecular weight excluding hydrogens is 217 g/mol. The number of rotatable bonds is 2. The normalized spacial score (nSPS) is 24.8. The van der Waals surface area contributed by atoms with Crippen LogP contribution in [0.3, 0.4) is 0 Å². The first-order valence-electron chi connectivity index (χ1n) is 2.90. The first kappa shape index (κ1) is 6.77. The maximum atomic E-state index is 11.1. The molecule has 0 aromatic carbocycles. The lowest BCUT2D eigenvalue weighted by Crippen LogP contribution is -2.53. The molecule has 0 amide bonds. The molecule has 0 radical (unpaired) electrons. The van der Waals surface area contributed by atoms with Crippen LogP contribution in [0.4, 0.5) is 0 Å². The fourth-order valence-corrected chi connectivity index (χ4v) is 1.77. The van der Waals surface area contributed by atoms with Crippen molar-refractivity contribution >= 4 is 22.6 Å². The first-order chi connectivity index (χ1) is 3.77. The third-order valence-electron chi connectivity index (χ3n) is 1.62. The number of quaternary nitrogens is 1. The number of likely N-dealkylation sites (tertiary alicyclic amines) is 1. The van der Waals surface area contributed by atoms with Crippen molar-refractivity contribution in [1.82, 2.24) is 0 Å². The predicted octanol–water partition coefficient (Wildman–Crippen LogP) is 1.14. The average Bonchev–Trinajstić information content (AvgIpc) is 1.64. The van der Waals surface area contributed by atoms with E-state index in [0.29, 0.717) is 0 Å². The minimum Gasteiger partial charge on any atom is -0.633 e. The van der Waals surface area contributed by atoms with Crippen molar-refractivity contribution in [2.24, 2.45) is 0 Å². The summed E-state index contributed by atoms with van der Waals surface area (Å²) in [5, 5.41) is 11.1. The molecule has 1 fully saturated rings. The zero-order valence-corrected chi connectivity index (χ0v) is 6.93. The molecule has 0 bridgehead atoms. The van der Waals surface area contributed by atoms with Gasteiger partial charge in [-0.05, 0) is 0 Å². The molecule has 8 heavy (non-hydrogen) atoms. The largest absolute Gasteiger partial charge is 0.633 e. The molecule has 1 rings (SSSR count). The van der Waals surface area contributed by atoms with Crippen molar-refractivity contribution in [2.75, 3.05) is 24.1 Å². The van der Waals surface area contributed by atoms with Crippen LogP contribution in [0.5, 0.6) is 0 Å². The van der Waals surface area contributed by atoms with Gasteiger partial charge in [0.1, 0.15) is 0 Å². The second-order valence-corrected chi connectivity index (χ2v) is 3.35. The Morgan fingerprint density at radius 2 is 2.12 bits per heavy atom. The number of hydroxylamine groups is 3. The van der Waals surface area contributed by atoms with E-state index in [1.54, 1.807) is 0 Å². The molecule has 1 heterocycles. The van der Waals surface area contributed by atoms with Crippen LogP contribution in [0.15, 0.2) is 0 Å². The average molecular weight is 227 g/mol. The van der Waals surface area contributed by atoms with Crippen molar-refractivity contribution in [2.45, 2.75) is 6.42 Å². The van der Waals surface area contributed by atoms with Crippen molar-refractivity contribution in [3.8, 4) is 0 Å². The van der Waals surface area contributed by atoms with E-state index in [1.165, 1.54) is 0 Å². The Morgan fingerprint density at radius 1 is 1.50 bits per heavy atom. The standard InChI is InChI=1S/C5H10INO/c6-2-5-7(8)3-1-4-7/h1-5H2. The second-order valence-electron chi connectivity index (χ2n) is 2.27. The van der Waals surface area contributed by atoms with Gasteiger partial charge in [-0.3, -0.25) is 0 Å². The number of hydrogen-bond donors (Lipinski definition) is 0. The minimum absolute atomic E-state index is 0.0862. The topological polar surface area (TPSA) is 23.1 Å². The highest BCUT2D eigenvalue weighted by Gasteiger charge is 2.24. The van der Waals surface area contributed by atoms with E-state index in [2.05, 4.69) is 22.6 Å². The Morgan fingerprint density at radius 3 is 2.25 bits per heavy atom. The molecule has 48 valence electrons. The molecule has 1 aliphatic heterocycles. The Bertz CT molecular complexity index is 82.5. The van der Waals surface area contributed by atoms with Gasteiger partial charge in [-0.2, -0.15) is 0 Å². The summed E-state index contributed by atoms with van der Waals surface area (Å²) in [6.07, 6.45) is 1.14. The van der Waals surface area contributed by atoms with Gasteiger partial charge in [0.25, 0.3) is 0 Å². The lowest BCUT2D eigenvalue weighted by molar-refractivity contribution is -0.915. The van der Waals surface area contributed by atoms with Crippen LogP contribution in [0, 0.1) is 5.21 Å². The summed E-state index contributed by atoms with van der Waals surface area (Å²) in [6.45, 7) is 2.55. The summed E-state index contributed by atoms with van der Waals surface area (Å²) in [5.74, 6) is 0. The van der Waals surface area contributed by atoms with E-state index in [0.717, 1.165) is 30.5 Å². The molecule has 0 unspecified atom stereocenters. The van der Waals surface area contributed by atoms with Gasteiger partial charge in [0.15, 0.2) is 0 Å². The lowest BCUT2D eigenvalue weighted by atomic mass is 10.2. The maximum Gasteiger partial charge on any atom is 0.0874 e. The molecule has 1 saturated heterocycles. The van der Waals surface area contributed by atoms with Gasteiger partial charge in [-0.1, -0.05) is 22.6 Å². The van der Waals surface area contributed by atoms with Crippen molar-refractivity contribution < 1.29 is 4.65 Å². The smallest absolute Gasteiger partial charge is 0.0874 e. The predicted molar refractivity (Wildman–Crippen MR) is 41.7 cm³/mol. The van der Waals surface area contributed by atoms with Crippen LogP contribution in [-0.4, -0.2) is 28.7 Å². The molecule has 0 aromatic rings. The highest BCUT2D eigenvalue weighted by atomic mass is 127. The number of alkyl halides is 1. The molecule has 2 nitrogen and oxygen atoms in total. The SMILES string of the molecule is [O-][N+]1(CCI)CCC1. The monoisotopic (exact) mass is 227 g/mol. The fourth-order valence-electron chi connectivity index (χ4n) is 0.888. The fraction of sp³-hybridized carbons (Fsp3) is 1.00. The summed E-state index contributed by atoms with van der Waals surface area (Å²) < 4.78 is 1.09. The van der Waals surface area contributed by atoms with E-state index in [1.807, 2.05) is 0 Å². The maximum absolute atomic E-state index is 11.1. The van der Waals surface area contributed by atoms with E-state index in [9.17, 15) is 5.21 Å². The lowest BCUT2D eigenvalue weighted by Gasteiger charge is -2.49. The number of nitrogens with zero attached hydrogens (tertiary/aromatic N) is 1. The Kier molecular flexibility index (Phi) is 2.11. The Balaban J connectivity index is 2.20. The molecule has 0 atom stereocenters. The third kappa shape index (κ3) is 1.33. The summed E-state index contributed by atoms with van der Waals surface area (Å²) >= 11 is 2.25. The number of hydrogen-bond acceptors (Lipinski definition) is 1. The van der Waals surface area contributed by atoms with E-state index in [-0.39, 0.29) is 4.65 Å². The Labute approximate surface area is 63.2 Å². The molecule has 1 aliphatic rings. The van der Waals surface area contributed by atoms with Gasteiger partial charge in [-0.15, -0.1) is 0 Å². The van der Waals surface area contributed by atoms with Crippen LogP contribution in [0.2, 0.25) is 0 Å². The van der Waals surface area contributed by atoms with Crippen LogP contribution in [0.1, 0.15) is 6.42 Å². The molecule has 3 heteroatoms. The quantitative estimate of drug-likeness (QED) is 0.300. The molecular formula is C5H10INO. The van der Waals surface area contributed by atoms with E-state index >= 15 is 0 Å². The molecule has 0 spiro atoms. The van der Waals surface area contributed by atoms with Crippen molar-refractivity contribution in [1.29, 1.82) is 0 Å². The second kappa shape index (κ2) is 2.49. The molecule has 0 aromatic heterocycles. The summed E-state index contributed by atoms with van der Waals surface area (Å²) in [7, 11) is 0. The summed E-state index contributed by atoms with van der Waals surface area (Å²) in [4.78, 5) is 0. The highest BCUT2D eigenvalue weighted by Crippen LogP contribution is 2.17. The zero-order chi connectivity index (χ0) is 6.04. The van der Waals surface area contributed by atoms with Crippen LogP contribution >= 0.6 is 22.6 Å². The van der Waals surface area contributed by atoms with Crippen LogP contribution in [0.25, 0.3) is 0 Å². The summed E-state index contributed by atoms with van der Waals surface area (Å²) in [5.41, 5.74) is 0. The van der Waals surface area contributed by atoms with Crippen molar-refractivity contribution in [3.05, 3.63) is 5.21 Å². The van der Waals surface area contributed by atoms with E-state index in [4.69, 9.17) is 0 Å². The zero-order valence-electron chi connectivity index (χ0n) is 4.77. The summed E-state index contributed by atoms with van der Waals surface area (Å²) in [6, 6.07) is 0. The first-order valence-corrected chi connectivity index (χ1v) is 4.42. The van der Waals surface area contributed by atoms with Crippen LogP contribution < -0.4 is 0 Å². The third-order valence-corrected chi connectivity index (χ3v) is 2.11. The highest BCUT2D eigenvalue weighted by molar-refractivity contribution is 14.1. The Hall–Kier alpha value is 0.650. The van der Waals surface area contributed by atoms with Crippen LogP contribution in [-0.2, 0) is 0 Å². The molecule has 0 saturated carbocycles. The van der Waals surface area contributed by atoms with Gasteiger partial charge in [0, 0.05) is 10.8 Å². The molecule has 0 N–H and O–H groups in total.